The number of halogens is 6. The van der Waals surface area contributed by atoms with Crippen LogP contribution in [0.4, 0.5) is 26.3 Å². The highest BCUT2D eigenvalue weighted by molar-refractivity contribution is 7.91. The maximum absolute atomic E-state index is 14.7. The Balaban J connectivity index is 1.23. The molecule has 316 valence electrons. The van der Waals surface area contributed by atoms with Crippen LogP contribution in [-0.2, 0) is 40.4 Å². The first-order valence-electron chi connectivity index (χ1n) is 19.5. The summed E-state index contributed by atoms with van der Waals surface area (Å²) in [5.74, 6) is -5.65. The molecule has 1 aromatic carbocycles. The van der Waals surface area contributed by atoms with Gasteiger partial charge in [-0.1, -0.05) is 43.2 Å². The van der Waals surface area contributed by atoms with Crippen molar-refractivity contribution in [3.63, 3.8) is 0 Å². The third-order valence-electron chi connectivity index (χ3n) is 12.6. The van der Waals surface area contributed by atoms with Crippen LogP contribution in [0.15, 0.2) is 36.4 Å². The van der Waals surface area contributed by atoms with E-state index in [0.717, 1.165) is 16.5 Å². The van der Waals surface area contributed by atoms with E-state index in [1.807, 2.05) is 30.3 Å². The predicted molar refractivity (Wildman–Crippen MR) is 195 cm³/mol. The largest absolute Gasteiger partial charge is 0.483 e. The second-order valence-corrected chi connectivity index (χ2v) is 19.1. The number of aryl methyl sites for hydroxylation is 2. The molecule has 7 rings (SSSR count). The number of fused-ring (bicyclic) bond motifs is 5. The number of nitrogens with one attached hydrogen (secondary N) is 1. The lowest BCUT2D eigenvalue weighted by molar-refractivity contribution is -0.313. The molecule has 11 nitrogen and oxygen atoms in total. The molecule has 0 unspecified atom stereocenters. The smallest absolute Gasteiger partial charge is 0.434 e. The van der Waals surface area contributed by atoms with Gasteiger partial charge in [0.25, 0.3) is 6.10 Å². The average molecular weight is 842 g/mol. The molecule has 2 amide bonds. The topological polar surface area (TPSA) is 149 Å². The Hall–Kier alpha value is -4.22. The number of allylic oxidation sites excluding steroid dienone is 2. The van der Waals surface area contributed by atoms with E-state index in [1.165, 1.54) is 11.8 Å². The molecular formula is C40H45F6N3O8S. The van der Waals surface area contributed by atoms with Crippen molar-refractivity contribution in [2.24, 2.45) is 17.3 Å². The van der Waals surface area contributed by atoms with Crippen LogP contribution in [0.3, 0.4) is 0 Å². The molecule has 4 heterocycles. The van der Waals surface area contributed by atoms with E-state index < -0.39 is 98.5 Å². The number of carbonyl (C=O) groups excluding carboxylic acids is 4. The molecule has 3 fully saturated rings. The number of Topliss-reactive ketones (excluding diaryl/α,β-unsaturated/α-hetero) is 1. The zero-order valence-electron chi connectivity index (χ0n) is 32.0. The number of hydrogen-bond acceptors (Lipinski definition) is 9. The van der Waals surface area contributed by atoms with Crippen LogP contribution in [0.5, 0.6) is 5.75 Å². The van der Waals surface area contributed by atoms with Gasteiger partial charge in [-0.2, -0.15) is 26.3 Å². The van der Waals surface area contributed by atoms with Crippen molar-refractivity contribution in [2.45, 2.75) is 132 Å². The van der Waals surface area contributed by atoms with Crippen molar-refractivity contribution in [1.29, 1.82) is 0 Å². The van der Waals surface area contributed by atoms with Gasteiger partial charge in [0, 0.05) is 29.7 Å². The average Bonchev–Trinajstić information content (AvgIpc) is 4.03. The molecule has 18 heteroatoms. The van der Waals surface area contributed by atoms with Crippen molar-refractivity contribution >= 4 is 44.5 Å². The number of nitrogens with zero attached hydrogens (tertiary/aromatic N) is 2. The van der Waals surface area contributed by atoms with Gasteiger partial charge in [-0.15, -0.1) is 0 Å². The van der Waals surface area contributed by atoms with Gasteiger partial charge in [-0.3, -0.25) is 23.9 Å². The summed E-state index contributed by atoms with van der Waals surface area (Å²) in [6.45, 7) is 3.06. The van der Waals surface area contributed by atoms with E-state index in [9.17, 15) is 53.9 Å². The van der Waals surface area contributed by atoms with E-state index in [-0.39, 0.29) is 32.2 Å². The fraction of sp³-hybridized carbons (Fsp3) is 0.625. The lowest BCUT2D eigenvalue weighted by Gasteiger charge is -2.36. The normalized spacial score (nSPS) is 29.4. The van der Waals surface area contributed by atoms with Gasteiger partial charge in [0.05, 0.1) is 40.4 Å². The Kier molecular flexibility index (Phi) is 10.7. The van der Waals surface area contributed by atoms with Crippen molar-refractivity contribution in [1.82, 2.24) is 14.6 Å². The molecular weight excluding hydrogens is 797 g/mol. The van der Waals surface area contributed by atoms with Gasteiger partial charge in [0.2, 0.25) is 21.8 Å². The van der Waals surface area contributed by atoms with Crippen LogP contribution in [0.1, 0.15) is 95.2 Å². The molecule has 3 aliphatic heterocycles. The van der Waals surface area contributed by atoms with Crippen LogP contribution < -0.4 is 9.46 Å². The summed E-state index contributed by atoms with van der Waals surface area (Å²) in [4.78, 5) is 61.9. The van der Waals surface area contributed by atoms with Crippen LogP contribution in [0, 0.1) is 24.2 Å². The minimum Gasteiger partial charge on any atom is -0.483 e. The Morgan fingerprint density at radius 1 is 1.03 bits per heavy atom. The summed E-state index contributed by atoms with van der Waals surface area (Å²) in [6.07, 6.45) is -11.0. The minimum atomic E-state index is -5.96. The highest BCUT2D eigenvalue weighted by Gasteiger charge is 2.64. The monoisotopic (exact) mass is 841 g/mol. The number of sulfonamides is 1. The second kappa shape index (κ2) is 14.8. The minimum absolute atomic E-state index is 0.0841. The highest BCUT2D eigenvalue weighted by atomic mass is 32.2. The number of carbonyl (C=O) groups is 4. The number of ketones is 1. The predicted octanol–water partition coefficient (Wildman–Crippen LogP) is 6.73. The standard InChI is InChI=1S/C40H45F6N3O8S/c1-23-32-27(26-12-8-9-13-28(26)47-23)14-15-37(57-32)20-29-30(50)21-38(35(53)48-58(54,55)36(2)16-17-36)19-25(38)11-7-5-3-4-6-10-24(33(52)49(29)22-37)18-31(51)56-34(39(41,42)43)40(44,45)46/h7-9,11-13,24-25,29,34H,3-6,10,14-22H2,1-2H3,(H,48,53)/b11-7-/t24-,25-,29+,37-,38-/m1/s1. The number of rotatable bonds is 6. The van der Waals surface area contributed by atoms with Gasteiger partial charge >= 0.3 is 18.3 Å². The van der Waals surface area contributed by atoms with E-state index in [4.69, 9.17) is 4.74 Å². The van der Waals surface area contributed by atoms with Gasteiger partial charge in [-0.05, 0) is 77.2 Å². The van der Waals surface area contributed by atoms with Gasteiger partial charge in [0.15, 0.2) is 5.78 Å². The van der Waals surface area contributed by atoms with Crippen LogP contribution in [-0.4, -0.2) is 83.3 Å². The molecule has 5 atom stereocenters. The van der Waals surface area contributed by atoms with Crippen molar-refractivity contribution in [3.8, 4) is 5.75 Å². The Bertz CT molecular complexity index is 2140. The summed E-state index contributed by atoms with van der Waals surface area (Å²) < 4.78 is 118. The zero-order valence-corrected chi connectivity index (χ0v) is 32.8. The number of ether oxygens (including phenoxy) is 2. The third-order valence-corrected chi connectivity index (χ3v) is 14.8. The Labute approximate surface area is 331 Å². The number of hydrogen-bond donors (Lipinski definition) is 1. The number of benzene rings is 1. The van der Waals surface area contributed by atoms with Gasteiger partial charge in [-0.25, -0.2) is 13.4 Å². The SMILES string of the molecule is Cc1nc2ccccc2c2c1O[C@]1(CC2)C[C@H]2C(=O)C[C@]3(C(=O)NS(=O)(=O)C4(C)CC4)C[C@H]3/C=C\CCCCC[C@H](CC(=O)OC(C(F)(F)F)C(F)(F)F)C(=O)N2C1. The van der Waals surface area contributed by atoms with Crippen LogP contribution >= 0.6 is 0 Å². The number of alkyl halides is 6. The first-order valence-corrected chi connectivity index (χ1v) is 21.0. The molecule has 2 saturated carbocycles. The summed E-state index contributed by atoms with van der Waals surface area (Å²) >= 11 is 0. The lowest BCUT2D eigenvalue weighted by Crippen LogP contribution is -2.48. The second-order valence-electron chi connectivity index (χ2n) is 16.9. The maximum atomic E-state index is 14.7. The molecule has 2 aliphatic carbocycles. The molecule has 5 aliphatic rings. The maximum Gasteiger partial charge on any atom is 0.434 e. The molecule has 2 aromatic rings. The third kappa shape index (κ3) is 8.05. The van der Waals surface area contributed by atoms with E-state index >= 15 is 0 Å². The van der Waals surface area contributed by atoms with Gasteiger partial charge in [0.1, 0.15) is 11.4 Å². The lowest BCUT2D eigenvalue weighted by atomic mass is 9.85. The zero-order chi connectivity index (χ0) is 42.1. The first-order chi connectivity index (χ1) is 27.1. The molecule has 1 saturated heterocycles. The summed E-state index contributed by atoms with van der Waals surface area (Å²) in [5, 5.41) is 0.850. The van der Waals surface area contributed by atoms with Gasteiger partial charge < -0.3 is 14.4 Å². The summed E-state index contributed by atoms with van der Waals surface area (Å²) in [5.41, 5.74) is -0.496. The Morgan fingerprint density at radius 2 is 1.74 bits per heavy atom. The van der Waals surface area contributed by atoms with E-state index in [0.29, 0.717) is 56.4 Å². The van der Waals surface area contributed by atoms with Crippen molar-refractivity contribution in [3.05, 3.63) is 47.7 Å². The molecule has 1 N–H and O–H groups in total. The number of para-hydroxylation sites is 1. The molecule has 1 spiro atoms. The van der Waals surface area contributed by atoms with Crippen molar-refractivity contribution in [2.75, 3.05) is 6.54 Å². The van der Waals surface area contributed by atoms with Crippen LogP contribution in [0.25, 0.3) is 10.9 Å². The number of aromatic nitrogens is 1. The molecule has 0 radical (unpaired) electrons. The number of pyridine rings is 1. The van der Waals surface area contributed by atoms with Crippen LogP contribution in [0.2, 0.25) is 0 Å². The molecule has 1 aromatic heterocycles. The highest BCUT2D eigenvalue weighted by Crippen LogP contribution is 2.58. The fourth-order valence-corrected chi connectivity index (χ4v) is 10.1. The quantitative estimate of drug-likeness (QED) is 0.190. The molecule has 58 heavy (non-hydrogen) atoms. The first kappa shape index (κ1) is 41.9. The summed E-state index contributed by atoms with van der Waals surface area (Å²) in [7, 11) is -4.08. The van der Waals surface area contributed by atoms with E-state index in [2.05, 4.69) is 14.4 Å². The Morgan fingerprint density at radius 3 is 2.43 bits per heavy atom. The fourth-order valence-electron chi connectivity index (χ4n) is 8.81. The summed E-state index contributed by atoms with van der Waals surface area (Å²) in [6, 6.07) is 6.16. The van der Waals surface area contributed by atoms with E-state index in [1.54, 1.807) is 13.0 Å². The number of esters is 1. The van der Waals surface area contributed by atoms with Crippen molar-refractivity contribution < 1.29 is 63.4 Å². The number of amides is 2. The molecule has 0 bridgehead atoms.